The first kappa shape index (κ1) is 12.1. The maximum Gasteiger partial charge on any atom is 0.106 e. The summed E-state index contributed by atoms with van der Waals surface area (Å²) < 4.78 is 2.66. The topological polar surface area (TPSA) is 42.7 Å². The Morgan fingerprint density at radius 1 is 1.41 bits per heavy atom. The Morgan fingerprint density at radius 3 is 2.76 bits per heavy atom. The number of aromatic nitrogens is 3. The molecule has 1 atom stereocenters. The van der Waals surface area contributed by atoms with Gasteiger partial charge in [0.2, 0.25) is 0 Å². The summed E-state index contributed by atoms with van der Waals surface area (Å²) in [6.45, 7) is 4.10. The van der Waals surface area contributed by atoms with Crippen LogP contribution >= 0.6 is 15.9 Å². The average Bonchev–Trinajstić information content (AvgIpc) is 2.69. The van der Waals surface area contributed by atoms with Crippen LogP contribution in [0.15, 0.2) is 29.1 Å². The summed E-state index contributed by atoms with van der Waals surface area (Å²) in [6.07, 6.45) is 3.89. The van der Waals surface area contributed by atoms with Gasteiger partial charge in [-0.3, -0.25) is 4.68 Å². The van der Waals surface area contributed by atoms with Gasteiger partial charge in [0, 0.05) is 18.8 Å². The Bertz CT molecular complexity index is 521. The van der Waals surface area contributed by atoms with Crippen LogP contribution in [0, 0.1) is 6.92 Å². The van der Waals surface area contributed by atoms with Crippen molar-refractivity contribution >= 4 is 21.6 Å². The van der Waals surface area contributed by atoms with Gasteiger partial charge in [0.15, 0.2) is 0 Å². The molecule has 0 spiro atoms. The summed E-state index contributed by atoms with van der Waals surface area (Å²) in [5.74, 6) is 0. The number of nitrogens with one attached hydrogen (secondary N) is 1. The maximum atomic E-state index is 4.36. The van der Waals surface area contributed by atoms with E-state index in [1.54, 1.807) is 4.68 Å². The molecule has 90 valence electrons. The van der Waals surface area contributed by atoms with E-state index in [9.17, 15) is 0 Å². The lowest BCUT2D eigenvalue weighted by atomic mass is 10.2. The number of rotatable bonds is 3. The van der Waals surface area contributed by atoms with Crippen molar-refractivity contribution in [2.24, 2.45) is 7.05 Å². The fraction of sp³-hybridized carbons (Fsp3) is 0.333. The first-order valence-electron chi connectivity index (χ1n) is 5.44. The Labute approximate surface area is 109 Å². The van der Waals surface area contributed by atoms with Crippen molar-refractivity contribution in [3.05, 3.63) is 40.4 Å². The highest BCUT2D eigenvalue weighted by Crippen LogP contribution is 2.22. The molecule has 4 nitrogen and oxygen atoms in total. The molecule has 2 rings (SSSR count). The Morgan fingerprint density at radius 2 is 2.18 bits per heavy atom. The summed E-state index contributed by atoms with van der Waals surface area (Å²) in [5.41, 5.74) is 3.19. The molecule has 1 N–H and O–H groups in total. The van der Waals surface area contributed by atoms with Crippen molar-refractivity contribution in [1.82, 2.24) is 14.8 Å². The summed E-state index contributed by atoms with van der Waals surface area (Å²) in [5, 5.41) is 7.60. The largest absolute Gasteiger partial charge is 0.377 e. The Kier molecular flexibility index (Phi) is 3.47. The van der Waals surface area contributed by atoms with Gasteiger partial charge >= 0.3 is 0 Å². The molecule has 2 aromatic heterocycles. The zero-order chi connectivity index (χ0) is 12.4. The van der Waals surface area contributed by atoms with E-state index in [0.29, 0.717) is 0 Å². The molecule has 0 aromatic carbocycles. The number of pyridine rings is 1. The van der Waals surface area contributed by atoms with Gasteiger partial charge in [-0.05, 0) is 41.9 Å². The third kappa shape index (κ3) is 2.85. The van der Waals surface area contributed by atoms with Crippen LogP contribution in [0.3, 0.4) is 0 Å². The van der Waals surface area contributed by atoms with E-state index in [2.05, 4.69) is 38.3 Å². The molecule has 0 saturated carbocycles. The minimum absolute atomic E-state index is 0.213. The lowest BCUT2D eigenvalue weighted by molar-refractivity contribution is 0.765. The monoisotopic (exact) mass is 294 g/mol. The van der Waals surface area contributed by atoms with E-state index < -0.39 is 0 Å². The lowest BCUT2D eigenvalue weighted by Gasteiger charge is -2.15. The van der Waals surface area contributed by atoms with Gasteiger partial charge in [0.25, 0.3) is 0 Å². The van der Waals surface area contributed by atoms with Crippen LogP contribution < -0.4 is 5.32 Å². The summed E-state index contributed by atoms with van der Waals surface area (Å²) in [6, 6.07) is 4.18. The number of hydrogen-bond donors (Lipinski definition) is 1. The second-order valence-corrected chi connectivity index (χ2v) is 4.89. The predicted molar refractivity (Wildman–Crippen MR) is 71.9 cm³/mol. The smallest absolute Gasteiger partial charge is 0.106 e. The van der Waals surface area contributed by atoms with Crippen molar-refractivity contribution in [2.75, 3.05) is 5.32 Å². The van der Waals surface area contributed by atoms with Crippen LogP contribution in [-0.2, 0) is 7.05 Å². The van der Waals surface area contributed by atoms with Gasteiger partial charge in [-0.25, -0.2) is 4.98 Å². The molecule has 0 amide bonds. The van der Waals surface area contributed by atoms with Crippen LogP contribution in [-0.4, -0.2) is 14.8 Å². The molecule has 0 aliphatic heterocycles. The molecule has 0 aliphatic carbocycles. The van der Waals surface area contributed by atoms with Gasteiger partial charge in [-0.2, -0.15) is 5.10 Å². The standard InChI is InChI=1S/C12H15BrN4/c1-8(10-6-14-17(3)7-10)15-11-4-5-12(13)16-9(11)2/h4-8,15H,1-3H3. The van der Waals surface area contributed by atoms with Gasteiger partial charge in [0.05, 0.1) is 23.6 Å². The van der Waals surface area contributed by atoms with Gasteiger partial charge in [-0.15, -0.1) is 0 Å². The van der Waals surface area contributed by atoms with Crippen molar-refractivity contribution in [3.63, 3.8) is 0 Å². The molecule has 0 bridgehead atoms. The minimum Gasteiger partial charge on any atom is -0.377 e. The molecule has 1 unspecified atom stereocenters. The van der Waals surface area contributed by atoms with Crippen LogP contribution in [0.25, 0.3) is 0 Å². The molecular weight excluding hydrogens is 280 g/mol. The zero-order valence-corrected chi connectivity index (χ0v) is 11.7. The molecule has 0 saturated heterocycles. The maximum absolute atomic E-state index is 4.36. The number of nitrogens with zero attached hydrogens (tertiary/aromatic N) is 3. The van der Waals surface area contributed by atoms with E-state index in [4.69, 9.17) is 0 Å². The molecule has 5 heteroatoms. The molecular formula is C12H15BrN4. The number of halogens is 1. The Hall–Kier alpha value is -1.36. The molecule has 0 fully saturated rings. The SMILES string of the molecule is Cc1nc(Br)ccc1NC(C)c1cnn(C)c1. The van der Waals surface area contributed by atoms with Crippen molar-refractivity contribution in [2.45, 2.75) is 19.9 Å². The van der Waals surface area contributed by atoms with E-state index in [0.717, 1.165) is 21.5 Å². The second-order valence-electron chi connectivity index (χ2n) is 4.08. The van der Waals surface area contributed by atoms with Gasteiger partial charge in [0.1, 0.15) is 4.60 Å². The van der Waals surface area contributed by atoms with Gasteiger partial charge in [-0.1, -0.05) is 0 Å². The van der Waals surface area contributed by atoms with Crippen molar-refractivity contribution in [3.8, 4) is 0 Å². The van der Waals surface area contributed by atoms with Crippen LogP contribution in [0.1, 0.15) is 24.2 Å². The van der Waals surface area contributed by atoms with Crippen LogP contribution in [0.4, 0.5) is 5.69 Å². The second kappa shape index (κ2) is 4.87. The van der Waals surface area contributed by atoms with Crippen molar-refractivity contribution in [1.29, 1.82) is 0 Å². The molecule has 2 heterocycles. The third-order valence-corrected chi connectivity index (χ3v) is 3.09. The van der Waals surface area contributed by atoms with E-state index in [1.165, 1.54) is 0 Å². The van der Waals surface area contributed by atoms with Crippen LogP contribution in [0.5, 0.6) is 0 Å². The summed E-state index contributed by atoms with van der Waals surface area (Å²) >= 11 is 3.36. The summed E-state index contributed by atoms with van der Waals surface area (Å²) in [4.78, 5) is 4.36. The first-order valence-corrected chi connectivity index (χ1v) is 6.24. The molecule has 0 aliphatic rings. The quantitative estimate of drug-likeness (QED) is 0.885. The fourth-order valence-electron chi connectivity index (χ4n) is 1.66. The predicted octanol–water partition coefficient (Wildman–Crippen LogP) is 3.06. The molecule has 2 aromatic rings. The fourth-order valence-corrected chi connectivity index (χ4v) is 2.06. The highest BCUT2D eigenvalue weighted by molar-refractivity contribution is 9.10. The minimum atomic E-state index is 0.213. The first-order chi connectivity index (χ1) is 8.06. The average molecular weight is 295 g/mol. The number of hydrogen-bond acceptors (Lipinski definition) is 3. The zero-order valence-electron chi connectivity index (χ0n) is 10.1. The highest BCUT2D eigenvalue weighted by Gasteiger charge is 2.09. The third-order valence-electron chi connectivity index (χ3n) is 2.65. The lowest BCUT2D eigenvalue weighted by Crippen LogP contribution is -2.07. The Balaban J connectivity index is 2.15. The normalized spacial score (nSPS) is 12.5. The summed E-state index contributed by atoms with van der Waals surface area (Å²) in [7, 11) is 1.92. The molecule has 0 radical (unpaired) electrons. The number of anilines is 1. The van der Waals surface area contributed by atoms with E-state index in [-0.39, 0.29) is 6.04 Å². The highest BCUT2D eigenvalue weighted by atomic mass is 79.9. The van der Waals surface area contributed by atoms with Gasteiger partial charge < -0.3 is 5.32 Å². The molecule has 17 heavy (non-hydrogen) atoms. The number of aryl methyl sites for hydroxylation is 2. The van der Waals surface area contributed by atoms with Crippen molar-refractivity contribution < 1.29 is 0 Å². The van der Waals surface area contributed by atoms with Crippen LogP contribution in [0.2, 0.25) is 0 Å². The van der Waals surface area contributed by atoms with E-state index in [1.807, 2.05) is 38.5 Å². The van der Waals surface area contributed by atoms with E-state index >= 15 is 0 Å².